The molecule has 0 saturated carbocycles. The molecule has 17 heavy (non-hydrogen) atoms. The number of benzene rings is 2. The Labute approximate surface area is 98.5 Å². The van der Waals surface area contributed by atoms with E-state index in [0.29, 0.717) is 11.3 Å². The zero-order chi connectivity index (χ0) is 12.0. The molecule has 0 atom stereocenters. The quantitative estimate of drug-likeness (QED) is 0.625. The van der Waals surface area contributed by atoms with Crippen LogP contribution >= 0.6 is 0 Å². The van der Waals surface area contributed by atoms with Crippen molar-refractivity contribution in [2.24, 2.45) is 0 Å². The molecule has 0 aromatic heterocycles. The molecule has 0 heterocycles. The minimum absolute atomic E-state index is 0.367. The average Bonchev–Trinajstić information content (AvgIpc) is 2.65. The van der Waals surface area contributed by atoms with Crippen LogP contribution < -0.4 is 5.73 Å². The van der Waals surface area contributed by atoms with E-state index in [0.717, 1.165) is 28.7 Å². The van der Waals surface area contributed by atoms with Crippen molar-refractivity contribution in [3.05, 3.63) is 53.1 Å². The lowest BCUT2D eigenvalue weighted by Crippen LogP contribution is -1.99. The normalized spacial score (nSPS) is 12.0. The number of anilines is 1. The molecule has 1 aliphatic rings. The summed E-state index contributed by atoms with van der Waals surface area (Å²) in [6.07, 6.45) is 0.761. The third kappa shape index (κ3) is 1.40. The summed E-state index contributed by atoms with van der Waals surface area (Å²) >= 11 is 0. The zero-order valence-corrected chi connectivity index (χ0v) is 9.10. The first-order valence-corrected chi connectivity index (χ1v) is 5.41. The van der Waals surface area contributed by atoms with Gasteiger partial charge in [0.15, 0.2) is 0 Å². The SMILES string of the molecule is Nc1ccc2c(c1)Cc1cccc(C(=O)O)c1-2. The Balaban J connectivity index is 2.30. The molecular formula is C14H11NO2. The molecular weight excluding hydrogens is 214 g/mol. The first kappa shape index (κ1) is 9.90. The van der Waals surface area contributed by atoms with Crippen molar-refractivity contribution >= 4 is 11.7 Å². The lowest BCUT2D eigenvalue weighted by Gasteiger charge is -2.05. The van der Waals surface area contributed by atoms with E-state index in [1.807, 2.05) is 24.3 Å². The lowest BCUT2D eigenvalue weighted by molar-refractivity contribution is 0.0697. The maximum atomic E-state index is 11.2. The van der Waals surface area contributed by atoms with Gasteiger partial charge >= 0.3 is 5.97 Å². The summed E-state index contributed by atoms with van der Waals surface area (Å²) in [6, 6.07) is 11.0. The summed E-state index contributed by atoms with van der Waals surface area (Å²) in [7, 11) is 0. The van der Waals surface area contributed by atoms with E-state index in [1.54, 1.807) is 12.1 Å². The minimum Gasteiger partial charge on any atom is -0.478 e. The fourth-order valence-electron chi connectivity index (χ4n) is 2.45. The van der Waals surface area contributed by atoms with Gasteiger partial charge in [0.1, 0.15) is 0 Å². The molecule has 3 N–H and O–H groups in total. The lowest BCUT2D eigenvalue weighted by atomic mass is 9.99. The molecule has 0 fully saturated rings. The fourth-order valence-corrected chi connectivity index (χ4v) is 2.45. The van der Waals surface area contributed by atoms with E-state index in [4.69, 9.17) is 5.73 Å². The molecule has 1 aliphatic carbocycles. The van der Waals surface area contributed by atoms with E-state index < -0.39 is 5.97 Å². The summed E-state index contributed by atoms with van der Waals surface area (Å²) in [5.41, 5.74) is 10.8. The van der Waals surface area contributed by atoms with Crippen molar-refractivity contribution in [3.8, 4) is 11.1 Å². The van der Waals surface area contributed by atoms with Crippen LogP contribution in [-0.2, 0) is 6.42 Å². The van der Waals surface area contributed by atoms with E-state index in [1.165, 1.54) is 0 Å². The van der Waals surface area contributed by atoms with Crippen LogP contribution in [0.3, 0.4) is 0 Å². The summed E-state index contributed by atoms with van der Waals surface area (Å²) < 4.78 is 0. The Morgan fingerprint density at radius 3 is 2.76 bits per heavy atom. The Kier molecular flexibility index (Phi) is 1.95. The van der Waals surface area contributed by atoms with E-state index in [-0.39, 0.29) is 0 Å². The number of carbonyl (C=O) groups is 1. The van der Waals surface area contributed by atoms with Gasteiger partial charge < -0.3 is 10.8 Å². The number of rotatable bonds is 1. The second kappa shape index (κ2) is 3.35. The number of fused-ring (bicyclic) bond motifs is 3. The van der Waals surface area contributed by atoms with Crippen molar-refractivity contribution in [1.29, 1.82) is 0 Å². The highest BCUT2D eigenvalue weighted by Crippen LogP contribution is 2.39. The van der Waals surface area contributed by atoms with Crippen molar-refractivity contribution < 1.29 is 9.90 Å². The van der Waals surface area contributed by atoms with Crippen molar-refractivity contribution in [1.82, 2.24) is 0 Å². The van der Waals surface area contributed by atoms with Gasteiger partial charge in [0.05, 0.1) is 5.56 Å². The predicted octanol–water partition coefficient (Wildman–Crippen LogP) is 2.54. The van der Waals surface area contributed by atoms with Gasteiger partial charge in [0.25, 0.3) is 0 Å². The van der Waals surface area contributed by atoms with Crippen LogP contribution in [0.2, 0.25) is 0 Å². The topological polar surface area (TPSA) is 63.3 Å². The molecule has 3 rings (SSSR count). The molecule has 0 spiro atoms. The smallest absolute Gasteiger partial charge is 0.336 e. The number of carboxylic acids is 1. The van der Waals surface area contributed by atoms with Gasteiger partial charge in [-0.1, -0.05) is 18.2 Å². The van der Waals surface area contributed by atoms with Crippen LogP contribution in [0.4, 0.5) is 5.69 Å². The van der Waals surface area contributed by atoms with Gasteiger partial charge in [-0.15, -0.1) is 0 Å². The van der Waals surface area contributed by atoms with Gasteiger partial charge in [0, 0.05) is 5.69 Å². The standard InChI is InChI=1S/C14H11NO2/c15-10-4-5-11-9(7-10)6-8-2-1-3-12(13(8)11)14(16)17/h1-5,7H,6,15H2,(H,16,17). The first-order valence-electron chi connectivity index (χ1n) is 5.41. The second-order valence-electron chi connectivity index (χ2n) is 4.24. The van der Waals surface area contributed by atoms with E-state index in [9.17, 15) is 9.90 Å². The van der Waals surface area contributed by atoms with Gasteiger partial charge in [-0.25, -0.2) is 4.79 Å². The molecule has 2 aromatic rings. The molecule has 0 bridgehead atoms. The Hall–Kier alpha value is -2.29. The number of carboxylic acid groups (broad SMARTS) is 1. The molecule has 3 heteroatoms. The van der Waals surface area contributed by atoms with Crippen LogP contribution in [0.25, 0.3) is 11.1 Å². The largest absolute Gasteiger partial charge is 0.478 e. The molecule has 0 radical (unpaired) electrons. The highest BCUT2D eigenvalue weighted by molar-refractivity contribution is 5.99. The van der Waals surface area contributed by atoms with Gasteiger partial charge in [-0.3, -0.25) is 0 Å². The Morgan fingerprint density at radius 2 is 2.00 bits per heavy atom. The predicted molar refractivity (Wildman–Crippen MR) is 66.1 cm³/mol. The Bertz CT molecular complexity index is 632. The van der Waals surface area contributed by atoms with Gasteiger partial charge in [-0.2, -0.15) is 0 Å². The molecule has 0 saturated heterocycles. The summed E-state index contributed by atoms with van der Waals surface area (Å²) in [5, 5.41) is 9.20. The monoisotopic (exact) mass is 225 g/mol. The third-order valence-electron chi connectivity index (χ3n) is 3.16. The van der Waals surface area contributed by atoms with Crippen molar-refractivity contribution in [2.45, 2.75) is 6.42 Å². The van der Waals surface area contributed by atoms with Crippen molar-refractivity contribution in [2.75, 3.05) is 5.73 Å². The molecule has 3 nitrogen and oxygen atoms in total. The van der Waals surface area contributed by atoms with Crippen LogP contribution in [0, 0.1) is 0 Å². The number of hydrogen-bond acceptors (Lipinski definition) is 2. The number of nitrogen functional groups attached to an aromatic ring is 1. The summed E-state index contributed by atoms with van der Waals surface area (Å²) in [4.78, 5) is 11.2. The van der Waals surface area contributed by atoms with Crippen LogP contribution in [-0.4, -0.2) is 11.1 Å². The van der Waals surface area contributed by atoms with Crippen LogP contribution in [0.5, 0.6) is 0 Å². The number of nitrogens with two attached hydrogens (primary N) is 1. The molecule has 0 amide bonds. The van der Waals surface area contributed by atoms with E-state index >= 15 is 0 Å². The van der Waals surface area contributed by atoms with Crippen LogP contribution in [0.1, 0.15) is 21.5 Å². The maximum Gasteiger partial charge on any atom is 0.336 e. The molecule has 2 aromatic carbocycles. The maximum absolute atomic E-state index is 11.2. The molecule has 0 unspecified atom stereocenters. The fraction of sp³-hybridized carbons (Fsp3) is 0.0714. The van der Waals surface area contributed by atoms with Crippen LogP contribution in [0.15, 0.2) is 36.4 Å². The highest BCUT2D eigenvalue weighted by atomic mass is 16.4. The first-order chi connectivity index (χ1) is 8.16. The summed E-state index contributed by atoms with van der Waals surface area (Å²) in [6.45, 7) is 0. The van der Waals surface area contributed by atoms with E-state index in [2.05, 4.69) is 0 Å². The summed E-state index contributed by atoms with van der Waals surface area (Å²) in [5.74, 6) is -0.883. The Morgan fingerprint density at radius 1 is 1.18 bits per heavy atom. The average molecular weight is 225 g/mol. The van der Waals surface area contributed by atoms with Gasteiger partial charge in [-0.05, 0) is 46.9 Å². The number of aromatic carboxylic acids is 1. The third-order valence-corrected chi connectivity index (χ3v) is 3.16. The molecule has 84 valence electrons. The van der Waals surface area contributed by atoms with Gasteiger partial charge in [0.2, 0.25) is 0 Å². The van der Waals surface area contributed by atoms with Crippen molar-refractivity contribution in [3.63, 3.8) is 0 Å². The number of hydrogen-bond donors (Lipinski definition) is 2. The minimum atomic E-state index is -0.883. The highest BCUT2D eigenvalue weighted by Gasteiger charge is 2.23. The second-order valence-corrected chi connectivity index (χ2v) is 4.24. The zero-order valence-electron chi connectivity index (χ0n) is 9.10. The molecule has 0 aliphatic heterocycles.